The SMILES string of the molecule is CC[C@@H]1CN2CCC[C@@H]2CN1S(=O)(=O)c1cc(C(N)=O)n(C)c1. The van der Waals surface area contributed by atoms with E-state index in [0.717, 1.165) is 32.4 Å². The van der Waals surface area contributed by atoms with E-state index < -0.39 is 15.9 Å². The Bertz CT molecular complexity index is 712. The van der Waals surface area contributed by atoms with Crippen molar-refractivity contribution in [1.82, 2.24) is 13.8 Å². The molecule has 2 fully saturated rings. The summed E-state index contributed by atoms with van der Waals surface area (Å²) in [6.07, 6.45) is 4.43. The number of aromatic nitrogens is 1. The third-order valence-electron chi connectivity index (χ3n) is 5.05. The van der Waals surface area contributed by atoms with Crippen molar-refractivity contribution in [2.45, 2.75) is 43.2 Å². The maximum absolute atomic E-state index is 13.1. The van der Waals surface area contributed by atoms with Crippen molar-refractivity contribution in [3.63, 3.8) is 0 Å². The fourth-order valence-corrected chi connectivity index (χ4v) is 5.54. The van der Waals surface area contributed by atoms with E-state index in [2.05, 4.69) is 4.90 Å². The van der Waals surface area contributed by atoms with Gasteiger partial charge in [0.05, 0.1) is 0 Å². The lowest BCUT2D eigenvalue weighted by Gasteiger charge is -2.42. The van der Waals surface area contributed by atoms with Crippen LogP contribution in [0.5, 0.6) is 0 Å². The summed E-state index contributed by atoms with van der Waals surface area (Å²) in [6.45, 7) is 4.40. The maximum atomic E-state index is 13.1. The van der Waals surface area contributed by atoms with E-state index in [9.17, 15) is 13.2 Å². The van der Waals surface area contributed by atoms with Crippen molar-refractivity contribution in [1.29, 1.82) is 0 Å². The summed E-state index contributed by atoms with van der Waals surface area (Å²) in [7, 11) is -1.99. The average molecular weight is 340 g/mol. The molecule has 7 nitrogen and oxygen atoms in total. The number of rotatable bonds is 4. The first-order chi connectivity index (χ1) is 10.8. The number of hydrogen-bond donors (Lipinski definition) is 1. The molecule has 23 heavy (non-hydrogen) atoms. The van der Waals surface area contributed by atoms with Gasteiger partial charge in [0.15, 0.2) is 0 Å². The smallest absolute Gasteiger partial charge is 0.265 e. The number of amides is 1. The molecule has 0 saturated carbocycles. The topological polar surface area (TPSA) is 88.6 Å². The highest BCUT2D eigenvalue weighted by Gasteiger charge is 2.41. The van der Waals surface area contributed by atoms with Crippen LogP contribution in [0.15, 0.2) is 17.2 Å². The summed E-state index contributed by atoms with van der Waals surface area (Å²) >= 11 is 0. The Morgan fingerprint density at radius 1 is 1.39 bits per heavy atom. The molecule has 0 aromatic carbocycles. The zero-order chi connectivity index (χ0) is 16.8. The minimum absolute atomic E-state index is 0.0217. The minimum atomic E-state index is -3.62. The van der Waals surface area contributed by atoms with Crippen molar-refractivity contribution in [3.05, 3.63) is 18.0 Å². The molecule has 0 radical (unpaired) electrons. The van der Waals surface area contributed by atoms with Crippen LogP contribution in [-0.4, -0.2) is 59.8 Å². The highest BCUT2D eigenvalue weighted by atomic mass is 32.2. The zero-order valence-electron chi connectivity index (χ0n) is 13.6. The largest absolute Gasteiger partial charge is 0.364 e. The van der Waals surface area contributed by atoms with Crippen molar-refractivity contribution in [2.24, 2.45) is 12.8 Å². The van der Waals surface area contributed by atoms with Crippen molar-refractivity contribution >= 4 is 15.9 Å². The van der Waals surface area contributed by atoms with Crippen LogP contribution in [0.1, 0.15) is 36.7 Å². The van der Waals surface area contributed by atoms with E-state index in [0.29, 0.717) is 12.6 Å². The third kappa shape index (κ3) is 2.79. The molecule has 3 rings (SSSR count). The lowest BCUT2D eigenvalue weighted by molar-refractivity contribution is 0.0992. The van der Waals surface area contributed by atoms with Gasteiger partial charge in [-0.25, -0.2) is 8.42 Å². The molecule has 2 atom stereocenters. The molecule has 2 saturated heterocycles. The van der Waals surface area contributed by atoms with Crippen molar-refractivity contribution in [2.75, 3.05) is 19.6 Å². The Hall–Kier alpha value is -1.38. The first kappa shape index (κ1) is 16.5. The highest BCUT2D eigenvalue weighted by Crippen LogP contribution is 2.30. The van der Waals surface area contributed by atoms with E-state index >= 15 is 0 Å². The first-order valence-electron chi connectivity index (χ1n) is 8.06. The van der Waals surface area contributed by atoms with Gasteiger partial charge in [-0.2, -0.15) is 4.31 Å². The molecule has 3 heterocycles. The van der Waals surface area contributed by atoms with E-state index in [-0.39, 0.29) is 16.6 Å². The molecule has 2 aliphatic rings. The molecular weight excluding hydrogens is 316 g/mol. The molecule has 0 unspecified atom stereocenters. The van der Waals surface area contributed by atoms with E-state index in [1.165, 1.54) is 16.8 Å². The number of primary amides is 1. The van der Waals surface area contributed by atoms with Gasteiger partial charge in [0.25, 0.3) is 5.91 Å². The van der Waals surface area contributed by atoms with Crippen LogP contribution in [-0.2, 0) is 17.1 Å². The monoisotopic (exact) mass is 340 g/mol. The van der Waals surface area contributed by atoms with Crippen LogP contribution in [0, 0.1) is 0 Å². The molecular formula is C15H24N4O3S. The predicted molar refractivity (Wildman–Crippen MR) is 86.5 cm³/mol. The zero-order valence-corrected chi connectivity index (χ0v) is 14.4. The van der Waals surface area contributed by atoms with Crippen molar-refractivity contribution in [3.8, 4) is 0 Å². The van der Waals surface area contributed by atoms with Gasteiger partial charge in [0.1, 0.15) is 10.6 Å². The second kappa shape index (κ2) is 5.92. The van der Waals surface area contributed by atoms with Crippen LogP contribution in [0.4, 0.5) is 0 Å². The summed E-state index contributed by atoms with van der Waals surface area (Å²) in [5.74, 6) is -0.624. The number of carbonyl (C=O) groups is 1. The number of fused-ring (bicyclic) bond motifs is 1. The molecule has 0 bridgehead atoms. The van der Waals surface area contributed by atoms with Crippen LogP contribution in [0.3, 0.4) is 0 Å². The molecule has 1 aromatic rings. The van der Waals surface area contributed by atoms with Crippen LogP contribution in [0.25, 0.3) is 0 Å². The number of carbonyl (C=O) groups excluding carboxylic acids is 1. The van der Waals surface area contributed by atoms with Crippen LogP contribution < -0.4 is 5.73 Å². The van der Waals surface area contributed by atoms with Gasteiger partial charge in [-0.1, -0.05) is 6.92 Å². The minimum Gasteiger partial charge on any atom is -0.364 e. The molecule has 2 N–H and O–H groups in total. The number of hydrogen-bond acceptors (Lipinski definition) is 4. The lowest BCUT2D eigenvalue weighted by atomic mass is 10.1. The summed E-state index contributed by atoms with van der Waals surface area (Å²) in [5, 5.41) is 0. The summed E-state index contributed by atoms with van der Waals surface area (Å²) in [4.78, 5) is 13.9. The fraction of sp³-hybridized carbons (Fsp3) is 0.667. The maximum Gasteiger partial charge on any atom is 0.265 e. The van der Waals surface area contributed by atoms with E-state index in [1.807, 2.05) is 6.92 Å². The van der Waals surface area contributed by atoms with Gasteiger partial charge < -0.3 is 10.3 Å². The van der Waals surface area contributed by atoms with Gasteiger partial charge in [-0.05, 0) is 31.9 Å². The molecule has 1 aromatic heterocycles. The van der Waals surface area contributed by atoms with Crippen LogP contribution in [0.2, 0.25) is 0 Å². The Morgan fingerprint density at radius 2 is 2.13 bits per heavy atom. The molecule has 8 heteroatoms. The van der Waals surface area contributed by atoms with Gasteiger partial charge in [0, 0.05) is 38.4 Å². The van der Waals surface area contributed by atoms with Gasteiger partial charge in [-0.15, -0.1) is 0 Å². The first-order valence-corrected chi connectivity index (χ1v) is 9.50. The van der Waals surface area contributed by atoms with Gasteiger partial charge >= 0.3 is 0 Å². The quantitative estimate of drug-likeness (QED) is 0.858. The lowest BCUT2D eigenvalue weighted by Crippen LogP contribution is -2.57. The van der Waals surface area contributed by atoms with Crippen LogP contribution >= 0.6 is 0 Å². The second-order valence-corrected chi connectivity index (χ2v) is 8.35. The Labute approximate surface area is 137 Å². The molecule has 2 aliphatic heterocycles. The molecule has 1 amide bonds. The third-order valence-corrected chi connectivity index (χ3v) is 6.94. The predicted octanol–water partition coefficient (Wildman–Crippen LogP) is 0.371. The molecule has 128 valence electrons. The normalized spacial score (nSPS) is 26.3. The number of nitrogens with zero attached hydrogens (tertiary/aromatic N) is 3. The van der Waals surface area contributed by atoms with E-state index in [4.69, 9.17) is 5.73 Å². The second-order valence-electron chi connectivity index (χ2n) is 6.46. The van der Waals surface area contributed by atoms with Gasteiger partial charge in [0.2, 0.25) is 10.0 Å². The number of aryl methyl sites for hydroxylation is 1. The van der Waals surface area contributed by atoms with Gasteiger partial charge in [-0.3, -0.25) is 9.69 Å². The number of sulfonamides is 1. The summed E-state index contributed by atoms with van der Waals surface area (Å²) < 4.78 is 29.2. The Balaban J connectivity index is 1.94. The van der Waals surface area contributed by atoms with Crippen molar-refractivity contribution < 1.29 is 13.2 Å². The number of piperazine rings is 1. The molecule has 0 aliphatic carbocycles. The highest BCUT2D eigenvalue weighted by molar-refractivity contribution is 7.89. The Morgan fingerprint density at radius 3 is 2.74 bits per heavy atom. The molecule has 0 spiro atoms. The van der Waals surface area contributed by atoms with E-state index in [1.54, 1.807) is 11.4 Å². The summed E-state index contributed by atoms with van der Waals surface area (Å²) in [5.41, 5.74) is 5.50. The fourth-order valence-electron chi connectivity index (χ4n) is 3.74. The average Bonchev–Trinajstić information content (AvgIpc) is 3.11. The standard InChI is InChI=1S/C15H24N4O3S/c1-3-11-8-18-6-4-5-12(18)9-19(11)23(21,22)13-7-14(15(16)20)17(2)10-13/h7,10-12H,3-6,8-9H2,1-2H3,(H2,16,20)/t11-,12-/m1/s1. The Kier molecular flexibility index (Phi) is 4.24. The number of nitrogens with two attached hydrogens (primary N) is 1. The summed E-state index contributed by atoms with van der Waals surface area (Å²) in [6, 6.07) is 1.67.